The molecule has 3 heterocycles. The number of thiazole rings is 1. The lowest BCUT2D eigenvalue weighted by Gasteiger charge is -2.36. The Morgan fingerprint density at radius 1 is 1.29 bits per heavy atom. The third-order valence-electron chi connectivity index (χ3n) is 4.96. The van der Waals surface area contributed by atoms with Gasteiger partial charge in [-0.15, -0.1) is 11.3 Å². The molecule has 0 radical (unpaired) electrons. The lowest BCUT2D eigenvalue weighted by atomic mass is 9.99. The molecule has 1 unspecified atom stereocenters. The highest BCUT2D eigenvalue weighted by atomic mass is 32.1. The van der Waals surface area contributed by atoms with Gasteiger partial charge in [-0.05, 0) is 32.2 Å². The van der Waals surface area contributed by atoms with Crippen LogP contribution in [0.1, 0.15) is 44.9 Å². The number of nitrogens with one attached hydrogen (secondary N) is 1. The van der Waals surface area contributed by atoms with Crippen LogP contribution in [0.3, 0.4) is 0 Å². The molecular formula is C17H26N4O2S. The zero-order valence-corrected chi connectivity index (χ0v) is 14.9. The number of hydrogen-bond acceptors (Lipinski definition) is 5. The van der Waals surface area contributed by atoms with Crippen molar-refractivity contribution in [1.82, 2.24) is 14.8 Å². The Bertz CT molecular complexity index is 549. The molecule has 0 bridgehead atoms. The van der Waals surface area contributed by atoms with E-state index in [4.69, 9.17) is 0 Å². The van der Waals surface area contributed by atoms with Crippen LogP contribution >= 0.6 is 11.3 Å². The predicted molar refractivity (Wildman–Crippen MR) is 95.0 cm³/mol. The van der Waals surface area contributed by atoms with E-state index >= 15 is 0 Å². The first-order valence-corrected chi connectivity index (χ1v) is 9.81. The van der Waals surface area contributed by atoms with Gasteiger partial charge in [0.05, 0.1) is 0 Å². The van der Waals surface area contributed by atoms with E-state index in [1.54, 1.807) is 6.20 Å². The second kappa shape index (κ2) is 8.58. The van der Waals surface area contributed by atoms with Crippen molar-refractivity contribution in [3.8, 4) is 0 Å². The summed E-state index contributed by atoms with van der Waals surface area (Å²) in [5.41, 5.74) is 0. The molecule has 132 valence electrons. The maximum absolute atomic E-state index is 12.0. The minimum absolute atomic E-state index is 0.0315. The molecule has 2 fully saturated rings. The lowest BCUT2D eigenvalue weighted by molar-refractivity contribution is -0.127. The predicted octanol–water partition coefficient (Wildman–Crippen LogP) is 2.34. The number of anilines is 1. The van der Waals surface area contributed by atoms with Crippen LogP contribution in [0, 0.1) is 0 Å². The van der Waals surface area contributed by atoms with Crippen molar-refractivity contribution in [3.63, 3.8) is 0 Å². The maximum Gasteiger partial charge on any atom is 0.227 e. The highest BCUT2D eigenvalue weighted by Gasteiger charge is 2.26. The van der Waals surface area contributed by atoms with Gasteiger partial charge in [-0.25, -0.2) is 4.98 Å². The van der Waals surface area contributed by atoms with Crippen molar-refractivity contribution >= 4 is 28.3 Å². The SMILES string of the molecule is O=C(CCN1CCCCC1CCN1CCCC1=O)Nc1nccs1. The topological polar surface area (TPSA) is 65.5 Å². The van der Waals surface area contributed by atoms with Crippen LogP contribution in [-0.4, -0.2) is 58.8 Å². The summed E-state index contributed by atoms with van der Waals surface area (Å²) in [7, 11) is 0. The first-order chi connectivity index (χ1) is 11.7. The van der Waals surface area contributed by atoms with Crippen molar-refractivity contribution in [2.24, 2.45) is 0 Å². The number of hydrogen-bond donors (Lipinski definition) is 1. The van der Waals surface area contributed by atoms with Gasteiger partial charge in [-0.3, -0.25) is 14.5 Å². The molecule has 1 atom stereocenters. The molecule has 1 N–H and O–H groups in total. The first kappa shape index (κ1) is 17.4. The second-order valence-electron chi connectivity index (χ2n) is 6.59. The molecule has 2 amide bonds. The third kappa shape index (κ3) is 4.77. The van der Waals surface area contributed by atoms with Crippen molar-refractivity contribution in [2.75, 3.05) is 31.5 Å². The molecule has 0 spiro atoms. The molecule has 6 nitrogen and oxygen atoms in total. The van der Waals surface area contributed by atoms with E-state index in [0.29, 0.717) is 29.9 Å². The number of nitrogens with zero attached hydrogens (tertiary/aromatic N) is 3. The number of aromatic nitrogens is 1. The van der Waals surface area contributed by atoms with Gasteiger partial charge in [0.25, 0.3) is 0 Å². The number of carbonyl (C=O) groups excluding carboxylic acids is 2. The summed E-state index contributed by atoms with van der Waals surface area (Å²) >= 11 is 1.44. The first-order valence-electron chi connectivity index (χ1n) is 8.93. The number of carbonyl (C=O) groups is 2. The normalized spacial score (nSPS) is 22.1. The molecule has 2 aliphatic heterocycles. The van der Waals surface area contributed by atoms with E-state index in [-0.39, 0.29) is 5.91 Å². The summed E-state index contributed by atoms with van der Waals surface area (Å²) < 4.78 is 0. The van der Waals surface area contributed by atoms with Crippen molar-refractivity contribution in [2.45, 2.75) is 51.0 Å². The number of amides is 2. The average molecular weight is 350 g/mol. The summed E-state index contributed by atoms with van der Waals surface area (Å²) in [5, 5.41) is 5.37. The summed E-state index contributed by atoms with van der Waals surface area (Å²) in [6.45, 7) is 3.63. The van der Waals surface area contributed by atoms with Crippen molar-refractivity contribution in [1.29, 1.82) is 0 Å². The Hall–Kier alpha value is -1.47. The number of rotatable bonds is 7. The van der Waals surface area contributed by atoms with Gasteiger partial charge in [0.1, 0.15) is 0 Å². The van der Waals surface area contributed by atoms with E-state index < -0.39 is 0 Å². The van der Waals surface area contributed by atoms with Gasteiger partial charge in [-0.1, -0.05) is 6.42 Å². The van der Waals surface area contributed by atoms with E-state index in [1.807, 2.05) is 10.3 Å². The largest absolute Gasteiger partial charge is 0.343 e. The maximum atomic E-state index is 12.0. The van der Waals surface area contributed by atoms with Crippen molar-refractivity contribution < 1.29 is 9.59 Å². The van der Waals surface area contributed by atoms with Crippen LogP contribution in [0.5, 0.6) is 0 Å². The molecule has 0 aromatic carbocycles. The fourth-order valence-corrected chi connectivity index (χ4v) is 4.18. The molecular weight excluding hydrogens is 324 g/mol. The Balaban J connectivity index is 1.43. The molecule has 1 aromatic rings. The monoisotopic (exact) mass is 350 g/mol. The molecule has 2 saturated heterocycles. The Morgan fingerprint density at radius 3 is 2.96 bits per heavy atom. The van der Waals surface area contributed by atoms with Gasteiger partial charge in [0, 0.05) is 50.1 Å². The quantitative estimate of drug-likeness (QED) is 0.820. The standard InChI is InChI=1S/C17H26N4O2S/c22-15(19-17-18-8-13-24-17)7-12-20-9-2-1-4-14(20)6-11-21-10-3-5-16(21)23/h8,13-14H,1-7,9-12H2,(H,18,19,22). The second-order valence-corrected chi connectivity index (χ2v) is 7.49. The highest BCUT2D eigenvalue weighted by Crippen LogP contribution is 2.21. The van der Waals surface area contributed by atoms with Gasteiger partial charge < -0.3 is 10.2 Å². The summed E-state index contributed by atoms with van der Waals surface area (Å²) in [6, 6.07) is 0.500. The number of piperidine rings is 1. The van der Waals surface area contributed by atoms with Crippen LogP contribution in [0.15, 0.2) is 11.6 Å². The molecule has 24 heavy (non-hydrogen) atoms. The average Bonchev–Trinajstić information content (AvgIpc) is 3.23. The zero-order chi connectivity index (χ0) is 16.8. The minimum Gasteiger partial charge on any atom is -0.343 e. The summed E-state index contributed by atoms with van der Waals surface area (Å²) in [5.74, 6) is 0.337. The van der Waals surface area contributed by atoms with E-state index in [2.05, 4.69) is 15.2 Å². The molecule has 1 aromatic heterocycles. The van der Waals surface area contributed by atoms with Gasteiger partial charge in [0.15, 0.2) is 5.13 Å². The van der Waals surface area contributed by atoms with Crippen LogP contribution in [0.4, 0.5) is 5.13 Å². The van der Waals surface area contributed by atoms with Crippen molar-refractivity contribution in [3.05, 3.63) is 11.6 Å². The Labute approximate surface area is 147 Å². The van der Waals surface area contributed by atoms with Gasteiger partial charge >= 0.3 is 0 Å². The molecule has 3 rings (SSSR count). The smallest absolute Gasteiger partial charge is 0.227 e. The number of likely N-dealkylation sites (tertiary alicyclic amines) is 2. The van der Waals surface area contributed by atoms with Crippen LogP contribution in [0.25, 0.3) is 0 Å². The zero-order valence-electron chi connectivity index (χ0n) is 14.1. The minimum atomic E-state index is 0.0315. The van der Waals surface area contributed by atoms with Crippen LogP contribution < -0.4 is 5.32 Å². The summed E-state index contributed by atoms with van der Waals surface area (Å²) in [4.78, 5) is 32.3. The van der Waals surface area contributed by atoms with Crippen LogP contribution in [0.2, 0.25) is 0 Å². The Kier molecular flexibility index (Phi) is 6.20. The molecule has 7 heteroatoms. The fourth-order valence-electron chi connectivity index (χ4n) is 3.64. The lowest BCUT2D eigenvalue weighted by Crippen LogP contribution is -2.43. The highest BCUT2D eigenvalue weighted by molar-refractivity contribution is 7.13. The molecule has 0 aliphatic carbocycles. The van der Waals surface area contributed by atoms with Gasteiger partial charge in [0.2, 0.25) is 11.8 Å². The van der Waals surface area contributed by atoms with E-state index in [1.165, 1.54) is 30.6 Å². The molecule has 0 saturated carbocycles. The fraction of sp³-hybridized carbons (Fsp3) is 0.706. The third-order valence-corrected chi connectivity index (χ3v) is 5.65. The summed E-state index contributed by atoms with van der Waals surface area (Å²) in [6.07, 6.45) is 8.57. The van der Waals surface area contributed by atoms with Gasteiger partial charge in [-0.2, -0.15) is 0 Å². The van der Waals surface area contributed by atoms with E-state index in [0.717, 1.165) is 39.0 Å². The van der Waals surface area contributed by atoms with E-state index in [9.17, 15) is 9.59 Å². The molecule has 2 aliphatic rings. The van der Waals surface area contributed by atoms with Crippen LogP contribution in [-0.2, 0) is 9.59 Å². The Morgan fingerprint density at radius 2 is 2.21 bits per heavy atom.